The van der Waals surface area contributed by atoms with E-state index >= 15 is 0 Å². The molecule has 0 aliphatic heterocycles. The molecule has 0 unspecified atom stereocenters. The molecule has 80 valence electrons. The highest BCUT2D eigenvalue weighted by molar-refractivity contribution is 4.78. The SMILES string of the molecule is CC(C)(C)C[C@@H](O)[C@@H](O)[C@H](O)CO. The van der Waals surface area contributed by atoms with Crippen LogP contribution in [0, 0.1) is 5.41 Å². The van der Waals surface area contributed by atoms with Gasteiger partial charge in [-0.1, -0.05) is 20.8 Å². The Morgan fingerprint density at radius 3 is 1.77 bits per heavy atom. The quantitative estimate of drug-likeness (QED) is 0.484. The predicted molar refractivity (Wildman–Crippen MR) is 49.2 cm³/mol. The molecule has 0 rings (SSSR count). The van der Waals surface area contributed by atoms with Gasteiger partial charge in [-0.3, -0.25) is 0 Å². The van der Waals surface area contributed by atoms with Crippen LogP contribution in [-0.4, -0.2) is 45.3 Å². The van der Waals surface area contributed by atoms with Crippen LogP contribution in [0.1, 0.15) is 27.2 Å². The van der Waals surface area contributed by atoms with Crippen LogP contribution in [0.2, 0.25) is 0 Å². The average Bonchev–Trinajstić information content (AvgIpc) is 1.98. The number of aliphatic hydroxyl groups excluding tert-OH is 4. The Morgan fingerprint density at radius 1 is 1.00 bits per heavy atom. The molecule has 0 aromatic carbocycles. The van der Waals surface area contributed by atoms with Gasteiger partial charge in [-0.05, 0) is 11.8 Å². The highest BCUT2D eigenvalue weighted by Gasteiger charge is 2.27. The highest BCUT2D eigenvalue weighted by Crippen LogP contribution is 2.22. The smallest absolute Gasteiger partial charge is 0.108 e. The second-order valence-electron chi connectivity index (χ2n) is 4.57. The van der Waals surface area contributed by atoms with Crippen LogP contribution >= 0.6 is 0 Å². The number of hydrogen-bond donors (Lipinski definition) is 4. The summed E-state index contributed by atoms with van der Waals surface area (Å²) in [6.45, 7) is 5.24. The van der Waals surface area contributed by atoms with Gasteiger partial charge in [0.25, 0.3) is 0 Å². The molecule has 0 heterocycles. The van der Waals surface area contributed by atoms with Crippen molar-refractivity contribution in [3.8, 4) is 0 Å². The van der Waals surface area contributed by atoms with Gasteiger partial charge < -0.3 is 20.4 Å². The first-order valence-corrected chi connectivity index (χ1v) is 4.43. The van der Waals surface area contributed by atoms with Crippen molar-refractivity contribution in [2.45, 2.75) is 45.5 Å². The van der Waals surface area contributed by atoms with E-state index in [1.54, 1.807) is 0 Å². The van der Waals surface area contributed by atoms with E-state index in [-0.39, 0.29) is 5.41 Å². The Labute approximate surface area is 78.8 Å². The van der Waals surface area contributed by atoms with Crippen molar-refractivity contribution in [1.82, 2.24) is 0 Å². The standard InChI is InChI=1S/C9H20O4/c1-9(2,3)4-6(11)8(13)7(12)5-10/h6-8,10-13H,4-5H2,1-3H3/t6-,7-,8-/m1/s1. The summed E-state index contributed by atoms with van der Waals surface area (Å²) < 4.78 is 0. The van der Waals surface area contributed by atoms with Crippen molar-refractivity contribution in [3.63, 3.8) is 0 Å². The van der Waals surface area contributed by atoms with Crippen molar-refractivity contribution in [2.24, 2.45) is 5.41 Å². The van der Waals surface area contributed by atoms with E-state index < -0.39 is 24.9 Å². The molecule has 3 atom stereocenters. The van der Waals surface area contributed by atoms with Gasteiger partial charge in [0.2, 0.25) is 0 Å². The fourth-order valence-corrected chi connectivity index (χ4v) is 1.11. The molecule has 0 aromatic rings. The lowest BCUT2D eigenvalue weighted by atomic mass is 9.86. The van der Waals surface area contributed by atoms with Crippen molar-refractivity contribution < 1.29 is 20.4 Å². The van der Waals surface area contributed by atoms with E-state index in [4.69, 9.17) is 10.2 Å². The van der Waals surface area contributed by atoms with E-state index in [2.05, 4.69) is 0 Å². The van der Waals surface area contributed by atoms with Crippen molar-refractivity contribution in [3.05, 3.63) is 0 Å². The van der Waals surface area contributed by atoms with Gasteiger partial charge in [0, 0.05) is 0 Å². The van der Waals surface area contributed by atoms with Crippen LogP contribution in [0.3, 0.4) is 0 Å². The molecule has 0 spiro atoms. The predicted octanol–water partition coefficient (Wildman–Crippen LogP) is -0.502. The minimum atomic E-state index is -1.27. The van der Waals surface area contributed by atoms with E-state index in [0.717, 1.165) is 0 Å². The second-order valence-corrected chi connectivity index (χ2v) is 4.57. The van der Waals surface area contributed by atoms with Gasteiger partial charge in [-0.15, -0.1) is 0 Å². The summed E-state index contributed by atoms with van der Waals surface area (Å²) >= 11 is 0. The van der Waals surface area contributed by atoms with Crippen molar-refractivity contribution in [1.29, 1.82) is 0 Å². The minimum absolute atomic E-state index is 0.116. The van der Waals surface area contributed by atoms with E-state index in [1.807, 2.05) is 20.8 Å². The van der Waals surface area contributed by atoms with Crippen molar-refractivity contribution >= 4 is 0 Å². The van der Waals surface area contributed by atoms with E-state index in [1.165, 1.54) is 0 Å². The zero-order valence-corrected chi connectivity index (χ0v) is 8.44. The molecule has 0 amide bonds. The molecule has 0 aromatic heterocycles. The Kier molecular flexibility index (Phi) is 4.85. The van der Waals surface area contributed by atoms with Gasteiger partial charge >= 0.3 is 0 Å². The summed E-state index contributed by atoms with van der Waals surface area (Å²) in [7, 11) is 0. The van der Waals surface area contributed by atoms with Gasteiger partial charge in [-0.25, -0.2) is 0 Å². The summed E-state index contributed by atoms with van der Waals surface area (Å²) in [5, 5.41) is 36.3. The highest BCUT2D eigenvalue weighted by atomic mass is 16.4. The van der Waals surface area contributed by atoms with E-state index in [0.29, 0.717) is 6.42 Å². The van der Waals surface area contributed by atoms with Gasteiger partial charge in [0.1, 0.15) is 12.2 Å². The molecule has 0 fully saturated rings. The molecule has 0 saturated heterocycles. The Morgan fingerprint density at radius 2 is 1.46 bits per heavy atom. The van der Waals surface area contributed by atoms with Crippen LogP contribution in [0.25, 0.3) is 0 Å². The van der Waals surface area contributed by atoms with Crippen LogP contribution in [0.4, 0.5) is 0 Å². The molecule has 0 bridgehead atoms. The summed E-state index contributed by atoms with van der Waals surface area (Å²) in [6.07, 6.45) is -3.16. The zero-order valence-electron chi connectivity index (χ0n) is 8.44. The monoisotopic (exact) mass is 192 g/mol. The third-order valence-electron chi connectivity index (χ3n) is 1.80. The molecule has 4 N–H and O–H groups in total. The number of hydrogen-bond acceptors (Lipinski definition) is 4. The summed E-state index contributed by atoms with van der Waals surface area (Å²) in [5.74, 6) is 0. The van der Waals surface area contributed by atoms with Gasteiger partial charge in [0.15, 0.2) is 0 Å². The number of rotatable bonds is 4. The Balaban J connectivity index is 4.03. The normalized spacial score (nSPS) is 19.6. The molecule has 4 heteroatoms. The maximum Gasteiger partial charge on any atom is 0.108 e. The van der Waals surface area contributed by atoms with E-state index in [9.17, 15) is 10.2 Å². The molecule has 0 saturated carbocycles. The zero-order chi connectivity index (χ0) is 10.6. The van der Waals surface area contributed by atoms with Crippen LogP contribution in [0.15, 0.2) is 0 Å². The summed E-state index contributed by atoms with van der Waals surface area (Å²) in [4.78, 5) is 0. The maximum atomic E-state index is 9.43. The fraction of sp³-hybridized carbons (Fsp3) is 1.00. The largest absolute Gasteiger partial charge is 0.394 e. The lowest BCUT2D eigenvalue weighted by Gasteiger charge is -2.27. The van der Waals surface area contributed by atoms with Crippen LogP contribution in [-0.2, 0) is 0 Å². The average molecular weight is 192 g/mol. The first-order valence-electron chi connectivity index (χ1n) is 4.43. The Bertz CT molecular complexity index is 141. The number of aliphatic hydroxyl groups is 4. The Hall–Kier alpha value is -0.160. The topological polar surface area (TPSA) is 80.9 Å². The second kappa shape index (κ2) is 4.91. The molecular formula is C9H20O4. The molecule has 0 aliphatic rings. The molecule has 0 radical (unpaired) electrons. The maximum absolute atomic E-state index is 9.43. The van der Waals surface area contributed by atoms with Gasteiger partial charge in [0.05, 0.1) is 12.7 Å². The lowest BCUT2D eigenvalue weighted by molar-refractivity contribution is -0.0860. The first kappa shape index (κ1) is 12.8. The van der Waals surface area contributed by atoms with Crippen LogP contribution < -0.4 is 0 Å². The van der Waals surface area contributed by atoms with Crippen molar-refractivity contribution in [2.75, 3.05) is 6.61 Å². The third-order valence-corrected chi connectivity index (χ3v) is 1.80. The lowest BCUT2D eigenvalue weighted by Crippen LogP contribution is -2.41. The minimum Gasteiger partial charge on any atom is -0.394 e. The van der Waals surface area contributed by atoms with Gasteiger partial charge in [-0.2, -0.15) is 0 Å². The summed E-state index contributed by atoms with van der Waals surface area (Å²) in [5.41, 5.74) is -0.116. The molecule has 0 aliphatic carbocycles. The molecule has 13 heavy (non-hydrogen) atoms. The fourth-order valence-electron chi connectivity index (χ4n) is 1.11. The van der Waals surface area contributed by atoms with Crippen LogP contribution in [0.5, 0.6) is 0 Å². The molecular weight excluding hydrogens is 172 g/mol. The molecule has 4 nitrogen and oxygen atoms in total. The first-order chi connectivity index (χ1) is 5.78. The third kappa shape index (κ3) is 5.21. The summed E-state index contributed by atoms with van der Waals surface area (Å²) in [6, 6.07) is 0.